The molecule has 0 bridgehead atoms. The maximum Gasteiger partial charge on any atom is 0.180 e. The Morgan fingerprint density at radius 1 is 1.52 bits per heavy atom. The van der Waals surface area contributed by atoms with Crippen LogP contribution in [-0.4, -0.2) is 34.4 Å². The second-order valence-electron chi connectivity index (χ2n) is 5.19. The van der Waals surface area contributed by atoms with Crippen molar-refractivity contribution in [2.75, 3.05) is 37.1 Å². The van der Waals surface area contributed by atoms with Crippen molar-refractivity contribution in [1.29, 1.82) is 5.26 Å². The maximum atomic E-state index is 11.8. The highest BCUT2D eigenvalue weighted by Gasteiger charge is 2.24. The zero-order chi connectivity index (χ0) is 15.5. The molecule has 0 unspecified atom stereocenters. The third-order valence-corrected chi connectivity index (χ3v) is 5.54. The standard InChI is InChI=1S/C13H19N3O3S2/c1-21(17,18)12-11(15)10(7-14)20-13(12)16-5-2-6-19-8-9-3-4-9/h9,16H,2-6,8,15H2,1H3. The van der Waals surface area contributed by atoms with Crippen molar-refractivity contribution in [3.05, 3.63) is 4.88 Å². The number of nitrogens with zero attached hydrogens (tertiary/aromatic N) is 1. The lowest BCUT2D eigenvalue weighted by molar-refractivity contribution is 0.124. The van der Waals surface area contributed by atoms with E-state index in [1.54, 1.807) is 0 Å². The van der Waals surface area contributed by atoms with Crippen LogP contribution in [0.5, 0.6) is 0 Å². The number of nitriles is 1. The van der Waals surface area contributed by atoms with Crippen LogP contribution in [0.25, 0.3) is 0 Å². The summed E-state index contributed by atoms with van der Waals surface area (Å²) < 4.78 is 29.1. The average molecular weight is 329 g/mol. The van der Waals surface area contributed by atoms with Gasteiger partial charge in [-0.15, -0.1) is 11.3 Å². The monoisotopic (exact) mass is 329 g/mol. The fourth-order valence-corrected chi connectivity index (χ4v) is 4.30. The Morgan fingerprint density at radius 2 is 2.24 bits per heavy atom. The van der Waals surface area contributed by atoms with Crippen LogP contribution in [0.1, 0.15) is 24.1 Å². The van der Waals surface area contributed by atoms with E-state index in [2.05, 4.69) is 5.32 Å². The molecule has 0 aromatic carbocycles. The summed E-state index contributed by atoms with van der Waals surface area (Å²) in [4.78, 5) is 0.255. The molecular weight excluding hydrogens is 310 g/mol. The molecule has 1 aromatic heterocycles. The summed E-state index contributed by atoms with van der Waals surface area (Å²) in [5.74, 6) is 0.741. The Labute approximate surface area is 128 Å². The van der Waals surface area contributed by atoms with Gasteiger partial charge in [0.1, 0.15) is 20.8 Å². The third kappa shape index (κ3) is 4.33. The minimum atomic E-state index is -3.46. The second-order valence-corrected chi connectivity index (χ2v) is 8.16. The first-order valence-electron chi connectivity index (χ1n) is 6.77. The highest BCUT2D eigenvalue weighted by atomic mass is 32.2. The summed E-state index contributed by atoms with van der Waals surface area (Å²) in [6.07, 6.45) is 4.40. The molecule has 0 atom stereocenters. The molecule has 116 valence electrons. The molecule has 1 aliphatic carbocycles. The van der Waals surface area contributed by atoms with Gasteiger partial charge >= 0.3 is 0 Å². The van der Waals surface area contributed by atoms with Crippen molar-refractivity contribution in [2.24, 2.45) is 5.92 Å². The van der Waals surface area contributed by atoms with E-state index in [0.717, 1.165) is 36.5 Å². The van der Waals surface area contributed by atoms with Gasteiger partial charge in [-0.1, -0.05) is 0 Å². The molecule has 1 aromatic rings. The summed E-state index contributed by atoms with van der Waals surface area (Å²) in [5, 5.41) is 12.4. The van der Waals surface area contributed by atoms with Gasteiger partial charge < -0.3 is 15.8 Å². The quantitative estimate of drug-likeness (QED) is 0.705. The largest absolute Gasteiger partial charge is 0.396 e. The normalized spacial score (nSPS) is 14.9. The molecule has 0 radical (unpaired) electrons. The minimum absolute atomic E-state index is 0.0305. The molecule has 21 heavy (non-hydrogen) atoms. The number of ether oxygens (including phenoxy) is 1. The number of nitrogens with one attached hydrogen (secondary N) is 1. The van der Waals surface area contributed by atoms with Crippen LogP contribution < -0.4 is 11.1 Å². The Balaban J connectivity index is 1.91. The van der Waals surface area contributed by atoms with Gasteiger partial charge in [-0.05, 0) is 25.2 Å². The van der Waals surface area contributed by atoms with Gasteiger partial charge in [0.2, 0.25) is 0 Å². The van der Waals surface area contributed by atoms with Crippen LogP contribution in [0, 0.1) is 17.2 Å². The molecule has 6 nitrogen and oxygen atoms in total. The number of hydrogen-bond acceptors (Lipinski definition) is 7. The van der Waals surface area contributed by atoms with E-state index in [4.69, 9.17) is 15.7 Å². The minimum Gasteiger partial charge on any atom is -0.396 e. The van der Waals surface area contributed by atoms with Gasteiger partial charge in [-0.3, -0.25) is 0 Å². The Hall–Kier alpha value is -1.30. The number of sulfone groups is 1. The molecule has 0 saturated heterocycles. The van der Waals surface area contributed by atoms with E-state index >= 15 is 0 Å². The molecule has 1 saturated carbocycles. The van der Waals surface area contributed by atoms with Crippen LogP contribution in [-0.2, 0) is 14.6 Å². The topological polar surface area (TPSA) is 105 Å². The first kappa shape index (κ1) is 16.1. The van der Waals surface area contributed by atoms with Crippen LogP contribution in [0.4, 0.5) is 10.7 Å². The predicted molar refractivity (Wildman–Crippen MR) is 83.2 cm³/mol. The Kier molecular flexibility index (Phi) is 5.08. The van der Waals surface area contributed by atoms with E-state index in [-0.39, 0.29) is 15.5 Å². The molecule has 2 rings (SSSR count). The van der Waals surface area contributed by atoms with Crippen molar-refractivity contribution in [3.8, 4) is 6.07 Å². The molecule has 0 spiro atoms. The maximum absolute atomic E-state index is 11.8. The first-order chi connectivity index (χ1) is 9.93. The Bertz CT molecular complexity index is 642. The second kappa shape index (κ2) is 6.64. The first-order valence-corrected chi connectivity index (χ1v) is 9.48. The summed E-state index contributed by atoms with van der Waals surface area (Å²) in [6, 6.07) is 1.92. The lowest BCUT2D eigenvalue weighted by atomic mass is 10.4. The zero-order valence-electron chi connectivity index (χ0n) is 11.9. The van der Waals surface area contributed by atoms with Crippen LogP contribution in [0.15, 0.2) is 4.90 Å². The number of nitrogen functional groups attached to an aromatic ring is 1. The van der Waals surface area contributed by atoms with Crippen molar-refractivity contribution in [1.82, 2.24) is 0 Å². The van der Waals surface area contributed by atoms with Gasteiger partial charge in [-0.25, -0.2) is 8.42 Å². The van der Waals surface area contributed by atoms with Gasteiger partial charge in [0.05, 0.1) is 5.69 Å². The molecule has 1 fully saturated rings. The molecule has 8 heteroatoms. The van der Waals surface area contributed by atoms with Crippen LogP contribution >= 0.6 is 11.3 Å². The fraction of sp³-hybridized carbons (Fsp3) is 0.615. The van der Waals surface area contributed by atoms with E-state index < -0.39 is 9.84 Å². The average Bonchev–Trinajstić information content (AvgIpc) is 3.15. The van der Waals surface area contributed by atoms with Gasteiger partial charge in [-0.2, -0.15) is 5.26 Å². The molecule has 0 amide bonds. The molecular formula is C13H19N3O3S2. The number of nitrogens with two attached hydrogens (primary N) is 1. The molecule has 0 aliphatic heterocycles. The van der Waals surface area contributed by atoms with Gasteiger partial charge in [0.25, 0.3) is 0 Å². The lowest BCUT2D eigenvalue weighted by Gasteiger charge is -2.07. The SMILES string of the molecule is CS(=O)(=O)c1c(NCCCOCC2CC2)sc(C#N)c1N. The predicted octanol–water partition coefficient (Wildman–Crippen LogP) is 1.83. The summed E-state index contributed by atoms with van der Waals surface area (Å²) >= 11 is 1.07. The lowest BCUT2D eigenvalue weighted by Crippen LogP contribution is -2.09. The highest BCUT2D eigenvalue weighted by Crippen LogP contribution is 2.38. The van der Waals surface area contributed by atoms with E-state index in [0.29, 0.717) is 18.2 Å². The number of rotatable bonds is 8. The number of anilines is 2. The third-order valence-electron chi connectivity index (χ3n) is 3.17. The summed E-state index contributed by atoms with van der Waals surface area (Å²) in [6.45, 7) is 2.04. The van der Waals surface area contributed by atoms with Crippen LogP contribution in [0.2, 0.25) is 0 Å². The smallest absolute Gasteiger partial charge is 0.180 e. The zero-order valence-corrected chi connectivity index (χ0v) is 13.5. The fourth-order valence-electron chi connectivity index (χ4n) is 1.91. The van der Waals surface area contributed by atoms with Gasteiger partial charge in [0.15, 0.2) is 9.84 Å². The Morgan fingerprint density at radius 3 is 2.81 bits per heavy atom. The highest BCUT2D eigenvalue weighted by molar-refractivity contribution is 7.91. The molecule has 3 N–H and O–H groups in total. The number of thiophene rings is 1. The molecule has 1 heterocycles. The van der Waals surface area contributed by atoms with Crippen LogP contribution in [0.3, 0.4) is 0 Å². The van der Waals surface area contributed by atoms with Crippen molar-refractivity contribution in [2.45, 2.75) is 24.2 Å². The van der Waals surface area contributed by atoms with Gasteiger partial charge in [0, 0.05) is 26.0 Å². The number of hydrogen-bond donors (Lipinski definition) is 2. The molecule has 1 aliphatic rings. The van der Waals surface area contributed by atoms with E-state index in [1.165, 1.54) is 12.8 Å². The van der Waals surface area contributed by atoms with E-state index in [1.807, 2.05) is 6.07 Å². The summed E-state index contributed by atoms with van der Waals surface area (Å²) in [7, 11) is -3.46. The van der Waals surface area contributed by atoms with E-state index in [9.17, 15) is 8.42 Å². The van der Waals surface area contributed by atoms with Crippen molar-refractivity contribution >= 4 is 31.9 Å². The van der Waals surface area contributed by atoms with Crippen molar-refractivity contribution < 1.29 is 13.2 Å². The van der Waals surface area contributed by atoms with Crippen molar-refractivity contribution in [3.63, 3.8) is 0 Å². The summed E-state index contributed by atoms with van der Waals surface area (Å²) in [5.41, 5.74) is 5.78.